The molecule has 0 aliphatic carbocycles. The van der Waals surface area contributed by atoms with E-state index >= 15 is 0 Å². The summed E-state index contributed by atoms with van der Waals surface area (Å²) in [6.45, 7) is 5.39. The van der Waals surface area contributed by atoms with E-state index in [1.54, 1.807) is 20.8 Å². The van der Waals surface area contributed by atoms with Crippen LogP contribution in [0.2, 0.25) is 0 Å². The predicted molar refractivity (Wildman–Crippen MR) is 73.9 cm³/mol. The number of rotatable bonds is 4. The summed E-state index contributed by atoms with van der Waals surface area (Å²) < 4.78 is 23.4. The first-order chi connectivity index (χ1) is 8.73. The highest BCUT2D eigenvalue weighted by atomic mass is 32.2. The molecule has 4 nitrogen and oxygen atoms in total. The number of thioether (sulfide) groups is 1. The Morgan fingerprint density at radius 2 is 2.05 bits per heavy atom. The highest BCUT2D eigenvalue weighted by molar-refractivity contribution is 8.00. The molecule has 0 bridgehead atoms. The molecule has 1 rings (SSSR count). The zero-order valence-electron chi connectivity index (χ0n) is 11.5. The van der Waals surface area contributed by atoms with Crippen LogP contribution in [0.5, 0.6) is 5.75 Å². The van der Waals surface area contributed by atoms with Crippen LogP contribution < -0.4 is 10.5 Å². The minimum absolute atomic E-state index is 0.0980. The molecule has 0 radical (unpaired) electrons. The topological polar surface area (TPSA) is 61.5 Å². The third-order valence-corrected chi connectivity index (χ3v) is 3.09. The second-order valence-electron chi connectivity index (χ2n) is 4.90. The summed E-state index contributed by atoms with van der Waals surface area (Å²) in [7, 11) is 1.37. The average molecular weight is 287 g/mol. The largest absolute Gasteiger partial charge is 0.494 e. The van der Waals surface area contributed by atoms with E-state index in [1.165, 1.54) is 31.0 Å². The maximum Gasteiger partial charge on any atom is 0.316 e. The van der Waals surface area contributed by atoms with Crippen molar-refractivity contribution in [3.05, 3.63) is 17.9 Å². The number of benzene rings is 1. The molecule has 106 valence electrons. The van der Waals surface area contributed by atoms with Gasteiger partial charge in [0.15, 0.2) is 11.6 Å². The van der Waals surface area contributed by atoms with Crippen LogP contribution >= 0.6 is 11.8 Å². The Morgan fingerprint density at radius 1 is 1.42 bits per heavy atom. The number of esters is 1. The van der Waals surface area contributed by atoms with Gasteiger partial charge in [-0.25, -0.2) is 4.39 Å². The number of hydrogen-bond donors (Lipinski definition) is 1. The number of carbonyl (C=O) groups excluding carboxylic acids is 1. The molecule has 1 aromatic rings. The number of ether oxygens (including phenoxy) is 2. The summed E-state index contributed by atoms with van der Waals surface area (Å²) in [6.07, 6.45) is 0. The standard InChI is InChI=1S/C13H18FNO3S/c1-13(2,3)18-12(16)7-19-11-6-10(17-4)8(14)5-9(11)15/h5-6H,7,15H2,1-4H3. The SMILES string of the molecule is COc1cc(SCC(=O)OC(C)(C)C)c(N)cc1F. The molecular formula is C13H18FNO3S. The molecule has 0 aliphatic heterocycles. The minimum atomic E-state index is -0.526. The quantitative estimate of drug-likeness (QED) is 0.524. The molecule has 0 aromatic heterocycles. The summed E-state index contributed by atoms with van der Waals surface area (Å²) in [5.41, 5.74) is 5.44. The van der Waals surface area contributed by atoms with Gasteiger partial charge in [-0.3, -0.25) is 4.79 Å². The number of nitrogen functional groups attached to an aromatic ring is 1. The van der Waals surface area contributed by atoms with E-state index in [1.807, 2.05) is 0 Å². The third-order valence-electron chi connectivity index (χ3n) is 2.05. The van der Waals surface area contributed by atoms with Crippen molar-refractivity contribution >= 4 is 23.4 Å². The molecule has 0 saturated heterocycles. The van der Waals surface area contributed by atoms with Crippen molar-refractivity contribution in [3.63, 3.8) is 0 Å². The number of nitrogens with two attached hydrogens (primary N) is 1. The van der Waals surface area contributed by atoms with E-state index in [-0.39, 0.29) is 23.2 Å². The molecule has 0 spiro atoms. The fraction of sp³-hybridized carbons (Fsp3) is 0.462. The van der Waals surface area contributed by atoms with Gasteiger partial charge in [-0.2, -0.15) is 0 Å². The van der Waals surface area contributed by atoms with Crippen LogP contribution in [0.3, 0.4) is 0 Å². The van der Waals surface area contributed by atoms with Crippen molar-refractivity contribution in [1.82, 2.24) is 0 Å². The van der Waals surface area contributed by atoms with Crippen molar-refractivity contribution in [3.8, 4) is 5.75 Å². The van der Waals surface area contributed by atoms with Crippen molar-refractivity contribution in [2.75, 3.05) is 18.6 Å². The van der Waals surface area contributed by atoms with Crippen LogP contribution in [-0.2, 0) is 9.53 Å². The van der Waals surface area contributed by atoms with Gasteiger partial charge < -0.3 is 15.2 Å². The molecule has 1 aromatic carbocycles. The lowest BCUT2D eigenvalue weighted by Crippen LogP contribution is -2.24. The van der Waals surface area contributed by atoms with E-state index in [0.29, 0.717) is 4.90 Å². The molecular weight excluding hydrogens is 269 g/mol. The predicted octanol–water partition coefficient (Wildman–Crippen LogP) is 2.85. The van der Waals surface area contributed by atoms with Crippen molar-refractivity contribution in [2.45, 2.75) is 31.3 Å². The van der Waals surface area contributed by atoms with Crippen LogP contribution in [0, 0.1) is 5.82 Å². The Bertz CT molecular complexity index is 472. The molecule has 0 aliphatic rings. The summed E-state index contributed by atoms with van der Waals surface area (Å²) in [4.78, 5) is 12.2. The number of methoxy groups -OCH3 is 1. The molecule has 0 unspecified atom stereocenters. The molecule has 0 heterocycles. The Morgan fingerprint density at radius 3 is 2.58 bits per heavy atom. The fourth-order valence-electron chi connectivity index (χ4n) is 1.34. The van der Waals surface area contributed by atoms with Gasteiger partial charge >= 0.3 is 5.97 Å². The second kappa shape index (κ2) is 6.14. The van der Waals surface area contributed by atoms with Gasteiger partial charge in [-0.05, 0) is 26.8 Å². The Balaban J connectivity index is 2.70. The summed E-state index contributed by atoms with van der Waals surface area (Å²) in [5, 5.41) is 0. The van der Waals surface area contributed by atoms with Crippen LogP contribution in [0.1, 0.15) is 20.8 Å². The van der Waals surface area contributed by atoms with Gasteiger partial charge in [-0.1, -0.05) is 0 Å². The van der Waals surface area contributed by atoms with Crippen molar-refractivity contribution in [2.24, 2.45) is 0 Å². The normalized spacial score (nSPS) is 11.2. The fourth-order valence-corrected chi connectivity index (χ4v) is 2.09. The monoisotopic (exact) mass is 287 g/mol. The van der Waals surface area contributed by atoms with E-state index < -0.39 is 11.4 Å². The van der Waals surface area contributed by atoms with Gasteiger partial charge in [0.2, 0.25) is 0 Å². The van der Waals surface area contributed by atoms with Gasteiger partial charge in [0.25, 0.3) is 0 Å². The first kappa shape index (κ1) is 15.6. The Labute approximate surface area is 116 Å². The Kier molecular flexibility index (Phi) is 5.05. The lowest BCUT2D eigenvalue weighted by Gasteiger charge is -2.19. The van der Waals surface area contributed by atoms with E-state index in [2.05, 4.69) is 0 Å². The highest BCUT2D eigenvalue weighted by Crippen LogP contribution is 2.31. The molecule has 0 fully saturated rings. The maximum atomic E-state index is 13.3. The number of anilines is 1. The summed E-state index contributed by atoms with van der Waals surface area (Å²) >= 11 is 1.19. The number of carbonyl (C=O) groups is 1. The summed E-state index contributed by atoms with van der Waals surface area (Å²) in [6, 6.07) is 2.65. The van der Waals surface area contributed by atoms with E-state index in [4.69, 9.17) is 15.2 Å². The lowest BCUT2D eigenvalue weighted by molar-refractivity contribution is -0.151. The smallest absolute Gasteiger partial charge is 0.316 e. The van der Waals surface area contributed by atoms with E-state index in [9.17, 15) is 9.18 Å². The van der Waals surface area contributed by atoms with E-state index in [0.717, 1.165) is 0 Å². The first-order valence-electron chi connectivity index (χ1n) is 5.70. The molecule has 0 saturated carbocycles. The zero-order valence-corrected chi connectivity index (χ0v) is 12.3. The minimum Gasteiger partial charge on any atom is -0.494 e. The van der Waals surface area contributed by atoms with Gasteiger partial charge in [0.05, 0.1) is 12.9 Å². The second-order valence-corrected chi connectivity index (χ2v) is 5.92. The molecule has 6 heteroatoms. The Hall–Kier alpha value is -1.43. The van der Waals surface area contributed by atoms with Gasteiger partial charge in [0, 0.05) is 16.6 Å². The van der Waals surface area contributed by atoms with Crippen LogP contribution in [-0.4, -0.2) is 24.4 Å². The number of halogens is 1. The molecule has 0 atom stereocenters. The number of hydrogen-bond acceptors (Lipinski definition) is 5. The zero-order chi connectivity index (χ0) is 14.6. The molecule has 2 N–H and O–H groups in total. The van der Waals surface area contributed by atoms with Gasteiger partial charge in [0.1, 0.15) is 5.60 Å². The highest BCUT2D eigenvalue weighted by Gasteiger charge is 2.17. The first-order valence-corrected chi connectivity index (χ1v) is 6.69. The lowest BCUT2D eigenvalue weighted by atomic mass is 10.2. The van der Waals surface area contributed by atoms with Crippen molar-refractivity contribution in [1.29, 1.82) is 0 Å². The summed E-state index contributed by atoms with van der Waals surface area (Å²) in [5.74, 6) is -0.668. The third kappa shape index (κ3) is 4.98. The maximum absolute atomic E-state index is 13.3. The molecule has 0 amide bonds. The van der Waals surface area contributed by atoms with Crippen LogP contribution in [0.25, 0.3) is 0 Å². The molecule has 19 heavy (non-hydrogen) atoms. The van der Waals surface area contributed by atoms with Crippen molar-refractivity contribution < 1.29 is 18.7 Å². The van der Waals surface area contributed by atoms with Crippen LogP contribution in [0.15, 0.2) is 17.0 Å². The van der Waals surface area contributed by atoms with Gasteiger partial charge in [-0.15, -0.1) is 11.8 Å². The van der Waals surface area contributed by atoms with Crippen LogP contribution in [0.4, 0.5) is 10.1 Å². The average Bonchev–Trinajstić information content (AvgIpc) is 2.25.